The molecular formula is C14H20N4O2. The molecule has 0 atom stereocenters. The van der Waals surface area contributed by atoms with Gasteiger partial charge in [0.15, 0.2) is 5.82 Å². The van der Waals surface area contributed by atoms with Crippen molar-refractivity contribution < 1.29 is 9.26 Å². The molecule has 0 aromatic carbocycles. The third kappa shape index (κ3) is 3.46. The highest BCUT2D eigenvalue weighted by molar-refractivity contribution is 5.11. The molecule has 1 saturated carbocycles. The zero-order chi connectivity index (χ0) is 13.8. The molecule has 6 nitrogen and oxygen atoms in total. The fraction of sp³-hybridized carbons (Fsp3) is 0.571. The molecular weight excluding hydrogens is 256 g/mol. The lowest BCUT2D eigenvalue weighted by atomic mass is 10.3. The Morgan fingerprint density at radius 2 is 2.40 bits per heavy atom. The second-order valence-electron chi connectivity index (χ2n) is 5.18. The molecule has 1 fully saturated rings. The second kappa shape index (κ2) is 6.19. The van der Waals surface area contributed by atoms with E-state index in [4.69, 9.17) is 9.26 Å². The summed E-state index contributed by atoms with van der Waals surface area (Å²) in [4.78, 5) is 4.43. The van der Waals surface area contributed by atoms with Gasteiger partial charge in [-0.1, -0.05) is 5.16 Å². The fourth-order valence-corrected chi connectivity index (χ4v) is 2.10. The van der Waals surface area contributed by atoms with Gasteiger partial charge in [-0.25, -0.2) is 0 Å². The molecule has 1 N–H and O–H groups in total. The minimum Gasteiger partial charge on any atom is -0.383 e. The molecule has 108 valence electrons. The number of rotatable bonds is 8. The van der Waals surface area contributed by atoms with Crippen molar-refractivity contribution in [1.82, 2.24) is 20.0 Å². The first-order chi connectivity index (χ1) is 9.85. The third-order valence-corrected chi connectivity index (χ3v) is 3.37. The van der Waals surface area contributed by atoms with Gasteiger partial charge in [-0.3, -0.25) is 0 Å². The van der Waals surface area contributed by atoms with Gasteiger partial charge in [0.25, 0.3) is 0 Å². The predicted octanol–water partition coefficient (Wildman–Crippen LogP) is 1.53. The lowest BCUT2D eigenvalue weighted by Gasteiger charge is -2.01. The summed E-state index contributed by atoms with van der Waals surface area (Å²) in [6.45, 7) is 3.06. The van der Waals surface area contributed by atoms with Gasteiger partial charge in [-0.05, 0) is 24.5 Å². The van der Waals surface area contributed by atoms with E-state index in [2.05, 4.69) is 32.3 Å². The minimum atomic E-state index is 0.540. The van der Waals surface area contributed by atoms with E-state index in [0.717, 1.165) is 25.5 Å². The monoisotopic (exact) mass is 276 g/mol. The number of methoxy groups -OCH3 is 1. The third-order valence-electron chi connectivity index (χ3n) is 3.37. The van der Waals surface area contributed by atoms with Crippen molar-refractivity contribution in [3.63, 3.8) is 0 Å². The average molecular weight is 276 g/mol. The largest absolute Gasteiger partial charge is 0.383 e. The first-order valence-corrected chi connectivity index (χ1v) is 7.02. The van der Waals surface area contributed by atoms with Crippen LogP contribution < -0.4 is 5.32 Å². The summed E-state index contributed by atoms with van der Waals surface area (Å²) < 4.78 is 12.3. The van der Waals surface area contributed by atoms with Crippen molar-refractivity contribution in [2.24, 2.45) is 0 Å². The highest BCUT2D eigenvalue weighted by Gasteiger charge is 2.28. The summed E-state index contributed by atoms with van der Waals surface area (Å²) in [6, 6.07) is 2.10. The Kier molecular flexibility index (Phi) is 4.13. The fourth-order valence-electron chi connectivity index (χ4n) is 2.10. The second-order valence-corrected chi connectivity index (χ2v) is 5.18. The first-order valence-electron chi connectivity index (χ1n) is 7.02. The van der Waals surface area contributed by atoms with Crippen molar-refractivity contribution in [2.75, 3.05) is 20.3 Å². The van der Waals surface area contributed by atoms with Gasteiger partial charge >= 0.3 is 0 Å². The Bertz CT molecular complexity index is 545. The molecule has 6 heteroatoms. The molecule has 0 bridgehead atoms. The smallest absolute Gasteiger partial charge is 0.246 e. The maximum absolute atomic E-state index is 5.28. The number of ether oxygens (including phenoxy) is 1. The Hall–Kier alpha value is -1.66. The molecule has 2 aromatic rings. The van der Waals surface area contributed by atoms with Crippen LogP contribution in [0.3, 0.4) is 0 Å². The first kappa shape index (κ1) is 13.3. The lowest BCUT2D eigenvalue weighted by molar-refractivity contribution is 0.199. The van der Waals surface area contributed by atoms with E-state index in [0.29, 0.717) is 18.4 Å². The molecule has 3 rings (SSSR count). The Balaban J connectivity index is 1.50. The van der Waals surface area contributed by atoms with Crippen molar-refractivity contribution >= 4 is 0 Å². The molecule has 0 aliphatic heterocycles. The summed E-state index contributed by atoms with van der Waals surface area (Å²) in [6.07, 6.45) is 6.52. The molecule has 1 aliphatic rings. The summed E-state index contributed by atoms with van der Waals surface area (Å²) >= 11 is 0. The summed E-state index contributed by atoms with van der Waals surface area (Å²) in [7, 11) is 1.71. The van der Waals surface area contributed by atoms with Crippen LogP contribution in [0, 0.1) is 0 Å². The van der Waals surface area contributed by atoms with Crippen molar-refractivity contribution in [1.29, 1.82) is 0 Å². The molecule has 2 heterocycles. The van der Waals surface area contributed by atoms with E-state index in [1.807, 2.05) is 6.20 Å². The van der Waals surface area contributed by atoms with Gasteiger partial charge in [0, 0.05) is 38.5 Å². The van der Waals surface area contributed by atoms with E-state index in [9.17, 15) is 0 Å². The zero-order valence-electron chi connectivity index (χ0n) is 11.7. The molecule has 0 amide bonds. The number of hydrogen-bond acceptors (Lipinski definition) is 5. The lowest BCUT2D eigenvalue weighted by Crippen LogP contribution is -2.18. The van der Waals surface area contributed by atoms with Crippen LogP contribution in [0.1, 0.15) is 36.0 Å². The topological polar surface area (TPSA) is 65.1 Å². The molecule has 2 aromatic heterocycles. The van der Waals surface area contributed by atoms with E-state index in [1.165, 1.54) is 18.4 Å². The van der Waals surface area contributed by atoms with Crippen molar-refractivity contribution in [2.45, 2.75) is 31.8 Å². The van der Waals surface area contributed by atoms with Gasteiger partial charge < -0.3 is 19.1 Å². The normalized spacial score (nSPS) is 14.8. The quantitative estimate of drug-likeness (QED) is 0.741. The Morgan fingerprint density at radius 3 is 3.20 bits per heavy atom. The summed E-state index contributed by atoms with van der Waals surface area (Å²) in [5, 5.41) is 7.34. The van der Waals surface area contributed by atoms with Gasteiger partial charge in [-0.2, -0.15) is 4.98 Å². The maximum atomic E-state index is 5.28. The molecule has 0 unspecified atom stereocenters. The highest BCUT2D eigenvalue weighted by Crippen LogP contribution is 2.38. The van der Waals surface area contributed by atoms with Crippen LogP contribution in [-0.2, 0) is 17.8 Å². The highest BCUT2D eigenvalue weighted by atomic mass is 16.5. The van der Waals surface area contributed by atoms with Gasteiger partial charge in [0.05, 0.1) is 6.61 Å². The Morgan fingerprint density at radius 1 is 1.50 bits per heavy atom. The number of nitrogens with one attached hydrogen (secondary N) is 1. The number of hydrogen-bond donors (Lipinski definition) is 1. The van der Waals surface area contributed by atoms with Crippen LogP contribution in [0.25, 0.3) is 0 Å². The van der Waals surface area contributed by atoms with Gasteiger partial charge in [0.1, 0.15) is 6.54 Å². The molecule has 0 spiro atoms. The average Bonchev–Trinajstić information content (AvgIpc) is 3.04. The van der Waals surface area contributed by atoms with Crippen LogP contribution in [0.5, 0.6) is 0 Å². The SMILES string of the molecule is COCCNCc1ccn(Cc2nc(C3CC3)no2)c1. The summed E-state index contributed by atoms with van der Waals surface area (Å²) in [5.74, 6) is 2.09. The standard InChI is InChI=1S/C14H20N4O2/c1-19-7-5-15-8-11-4-6-18(9-11)10-13-16-14(17-20-13)12-2-3-12/h4,6,9,12,15H,2-3,5,7-8,10H2,1H3. The van der Waals surface area contributed by atoms with Crippen LogP contribution in [0.4, 0.5) is 0 Å². The van der Waals surface area contributed by atoms with Gasteiger partial charge in [-0.15, -0.1) is 0 Å². The number of nitrogens with zero attached hydrogens (tertiary/aromatic N) is 3. The van der Waals surface area contributed by atoms with Crippen LogP contribution in [-0.4, -0.2) is 35.0 Å². The minimum absolute atomic E-state index is 0.540. The molecule has 20 heavy (non-hydrogen) atoms. The van der Waals surface area contributed by atoms with E-state index in [1.54, 1.807) is 7.11 Å². The van der Waals surface area contributed by atoms with Crippen molar-refractivity contribution in [3.8, 4) is 0 Å². The zero-order valence-corrected chi connectivity index (χ0v) is 11.7. The van der Waals surface area contributed by atoms with Crippen molar-refractivity contribution in [3.05, 3.63) is 35.7 Å². The molecule has 0 radical (unpaired) electrons. The molecule has 1 aliphatic carbocycles. The maximum Gasteiger partial charge on any atom is 0.246 e. The van der Waals surface area contributed by atoms with Gasteiger partial charge in [0.2, 0.25) is 5.89 Å². The van der Waals surface area contributed by atoms with E-state index in [-0.39, 0.29) is 0 Å². The van der Waals surface area contributed by atoms with E-state index < -0.39 is 0 Å². The van der Waals surface area contributed by atoms with Crippen LogP contribution >= 0.6 is 0 Å². The molecule has 0 saturated heterocycles. The van der Waals surface area contributed by atoms with Crippen LogP contribution in [0.15, 0.2) is 23.0 Å². The predicted molar refractivity (Wildman–Crippen MR) is 73.4 cm³/mol. The number of aromatic nitrogens is 3. The van der Waals surface area contributed by atoms with E-state index >= 15 is 0 Å². The summed E-state index contributed by atoms with van der Waals surface area (Å²) in [5.41, 5.74) is 1.24. The van der Waals surface area contributed by atoms with Crippen LogP contribution in [0.2, 0.25) is 0 Å². The Labute approximate surface area is 118 Å².